The molecule has 0 aromatic heterocycles. The van der Waals surface area contributed by atoms with Crippen molar-refractivity contribution in [2.24, 2.45) is 5.41 Å². The Morgan fingerprint density at radius 3 is 1.08 bits per heavy atom. The molecule has 0 aromatic rings. The van der Waals surface area contributed by atoms with Crippen LogP contribution in [-0.2, 0) is 18.9 Å². The first-order chi connectivity index (χ1) is 18.0. The van der Waals surface area contributed by atoms with Crippen molar-refractivity contribution >= 4 is 73.2 Å². The van der Waals surface area contributed by atoms with E-state index in [9.17, 15) is 0 Å². The molecule has 6 atom stereocenters. The summed E-state index contributed by atoms with van der Waals surface area (Å²) in [5.74, 6) is 3.25. The zero-order chi connectivity index (χ0) is 28.8. The Kier molecular flexibility index (Phi) is 26.7. The topological polar surface area (TPSA) is 36.9 Å². The second-order valence-corrected chi connectivity index (χ2v) is 17.2. The zero-order valence-corrected chi connectivity index (χ0v) is 30.2. The van der Waals surface area contributed by atoms with Gasteiger partial charge in [0, 0.05) is 57.9 Å². The molecule has 0 saturated heterocycles. The van der Waals surface area contributed by atoms with E-state index in [0.29, 0.717) is 64.5 Å². The van der Waals surface area contributed by atoms with Crippen LogP contribution in [0.2, 0.25) is 0 Å². The molecular formula is C28H58O4S6. The molecule has 0 spiro atoms. The van der Waals surface area contributed by atoms with E-state index < -0.39 is 0 Å². The molecule has 230 valence electrons. The van der Waals surface area contributed by atoms with Gasteiger partial charge < -0.3 is 18.9 Å². The molecular weight excluding hydrogens is 593 g/mol. The van der Waals surface area contributed by atoms with Crippen LogP contribution in [0.3, 0.4) is 0 Å². The third-order valence-corrected chi connectivity index (χ3v) is 12.6. The summed E-state index contributed by atoms with van der Waals surface area (Å²) in [5, 5.41) is 2.85. The molecule has 0 fully saturated rings. The molecule has 0 rings (SSSR count). The number of hydrogen-bond acceptors (Lipinski definition) is 10. The van der Waals surface area contributed by atoms with Crippen LogP contribution < -0.4 is 0 Å². The quantitative estimate of drug-likeness (QED) is 0.0626. The van der Waals surface area contributed by atoms with E-state index in [1.807, 2.05) is 42.2 Å². The highest BCUT2D eigenvalue weighted by Gasteiger charge is 2.32. The van der Waals surface area contributed by atoms with E-state index in [2.05, 4.69) is 79.4 Å². The van der Waals surface area contributed by atoms with E-state index in [-0.39, 0.29) is 5.41 Å². The van der Waals surface area contributed by atoms with Gasteiger partial charge in [0.1, 0.15) is 0 Å². The number of ether oxygens (including phenoxy) is 4. The Morgan fingerprint density at radius 2 is 0.816 bits per heavy atom. The summed E-state index contributed by atoms with van der Waals surface area (Å²) >= 11 is 19.5. The van der Waals surface area contributed by atoms with Crippen LogP contribution in [0.4, 0.5) is 0 Å². The monoisotopic (exact) mass is 650 g/mol. The number of thioether (sulfide) groups is 3. The lowest BCUT2D eigenvalue weighted by molar-refractivity contribution is -0.105. The summed E-state index contributed by atoms with van der Waals surface area (Å²) in [6, 6.07) is 0. The van der Waals surface area contributed by atoms with Crippen molar-refractivity contribution in [2.45, 2.75) is 99.2 Å². The average Bonchev–Trinajstić information content (AvgIpc) is 2.87. The standard InChI is InChI=1S/C28H58O4S6/c1-8-29-18-28(19-30-12-9-15-36-25(5)22(2)33,20-31-13-10-16-37-26(6)23(3)34)21-32-14-11-17-38-27(7)24(4)35/h22-27,33-35H,8-21H2,1-7H3. The van der Waals surface area contributed by atoms with Crippen molar-refractivity contribution in [3.8, 4) is 0 Å². The Bertz CT molecular complexity index is 463. The summed E-state index contributed by atoms with van der Waals surface area (Å²) in [4.78, 5) is 0. The molecule has 6 unspecified atom stereocenters. The van der Waals surface area contributed by atoms with Gasteiger partial charge in [0.2, 0.25) is 0 Å². The molecule has 38 heavy (non-hydrogen) atoms. The minimum Gasteiger partial charge on any atom is -0.381 e. The summed E-state index contributed by atoms with van der Waals surface area (Å²) < 4.78 is 24.6. The Balaban J connectivity index is 4.76. The lowest BCUT2D eigenvalue weighted by Gasteiger charge is -2.33. The minimum atomic E-state index is -0.295. The van der Waals surface area contributed by atoms with Gasteiger partial charge in [0.05, 0.1) is 31.8 Å². The molecule has 0 bridgehead atoms. The highest BCUT2D eigenvalue weighted by atomic mass is 32.2. The van der Waals surface area contributed by atoms with Gasteiger partial charge in [0.15, 0.2) is 0 Å². The summed E-state index contributed by atoms with van der Waals surface area (Å²) in [6.45, 7) is 20.4. The molecule has 0 radical (unpaired) electrons. The van der Waals surface area contributed by atoms with E-state index in [0.717, 1.165) is 56.3 Å². The van der Waals surface area contributed by atoms with Crippen LogP contribution in [0.1, 0.15) is 67.7 Å². The molecule has 0 aliphatic heterocycles. The maximum absolute atomic E-state index is 6.21. The number of hydrogen-bond donors (Lipinski definition) is 3. The van der Waals surface area contributed by atoms with Crippen molar-refractivity contribution in [1.82, 2.24) is 0 Å². The van der Waals surface area contributed by atoms with Gasteiger partial charge in [-0.3, -0.25) is 0 Å². The highest BCUT2D eigenvalue weighted by Crippen LogP contribution is 2.24. The van der Waals surface area contributed by atoms with Crippen LogP contribution in [-0.4, -0.2) is 102 Å². The van der Waals surface area contributed by atoms with Crippen LogP contribution in [0.5, 0.6) is 0 Å². The molecule has 0 aliphatic carbocycles. The molecule has 0 aliphatic rings. The van der Waals surface area contributed by atoms with Crippen molar-refractivity contribution in [2.75, 3.05) is 70.1 Å². The van der Waals surface area contributed by atoms with Gasteiger partial charge >= 0.3 is 0 Å². The van der Waals surface area contributed by atoms with Gasteiger partial charge in [-0.2, -0.15) is 73.2 Å². The molecule has 10 heteroatoms. The smallest absolute Gasteiger partial charge is 0.0637 e. The Labute approximate surface area is 265 Å². The van der Waals surface area contributed by atoms with Crippen molar-refractivity contribution in [1.29, 1.82) is 0 Å². The predicted octanol–water partition coefficient (Wildman–Crippen LogP) is 7.55. The van der Waals surface area contributed by atoms with Crippen molar-refractivity contribution < 1.29 is 18.9 Å². The number of rotatable bonds is 27. The fraction of sp³-hybridized carbons (Fsp3) is 1.00. The van der Waals surface area contributed by atoms with Crippen molar-refractivity contribution in [3.05, 3.63) is 0 Å². The third kappa shape index (κ3) is 21.6. The Morgan fingerprint density at radius 1 is 0.526 bits per heavy atom. The maximum atomic E-state index is 6.21. The first-order valence-corrected chi connectivity index (χ1v) is 18.9. The maximum Gasteiger partial charge on any atom is 0.0637 e. The molecule has 0 amide bonds. The molecule has 0 N–H and O–H groups in total. The SMILES string of the molecule is CCOCC(COCCCSC(C)C(C)S)(COCCCSC(C)C(C)S)COCCCSC(C)C(C)S. The van der Waals surface area contributed by atoms with E-state index in [1.165, 1.54) is 0 Å². The second-order valence-electron chi connectivity index (χ2n) is 10.3. The fourth-order valence-electron chi connectivity index (χ4n) is 3.14. The van der Waals surface area contributed by atoms with E-state index in [4.69, 9.17) is 18.9 Å². The number of thiol groups is 3. The largest absolute Gasteiger partial charge is 0.381 e. The lowest BCUT2D eigenvalue weighted by Crippen LogP contribution is -2.42. The minimum absolute atomic E-state index is 0.295. The highest BCUT2D eigenvalue weighted by molar-refractivity contribution is 8.01. The first-order valence-electron chi connectivity index (χ1n) is 14.2. The van der Waals surface area contributed by atoms with Crippen LogP contribution in [0.25, 0.3) is 0 Å². The third-order valence-electron chi connectivity index (χ3n) is 6.32. The summed E-state index contributed by atoms with van der Waals surface area (Å²) in [5.41, 5.74) is -0.295. The fourth-order valence-corrected chi connectivity index (χ4v) is 6.72. The van der Waals surface area contributed by atoms with Crippen molar-refractivity contribution in [3.63, 3.8) is 0 Å². The molecule has 0 saturated carbocycles. The van der Waals surface area contributed by atoms with Gasteiger partial charge in [0.25, 0.3) is 0 Å². The molecule has 4 nitrogen and oxygen atoms in total. The summed E-state index contributed by atoms with van der Waals surface area (Å²) in [6.07, 6.45) is 3.08. The molecule has 0 heterocycles. The summed E-state index contributed by atoms with van der Waals surface area (Å²) in [7, 11) is 0. The van der Waals surface area contributed by atoms with Crippen LogP contribution in [0.15, 0.2) is 0 Å². The van der Waals surface area contributed by atoms with Gasteiger partial charge in [-0.1, -0.05) is 41.5 Å². The predicted molar refractivity (Wildman–Crippen MR) is 186 cm³/mol. The lowest BCUT2D eigenvalue weighted by atomic mass is 9.92. The van der Waals surface area contributed by atoms with E-state index in [1.54, 1.807) is 0 Å². The van der Waals surface area contributed by atoms with Gasteiger partial charge in [-0.05, 0) is 43.4 Å². The molecule has 0 aromatic carbocycles. The Hall–Kier alpha value is 1.94. The van der Waals surface area contributed by atoms with Crippen LogP contribution in [0, 0.1) is 5.41 Å². The average molecular weight is 651 g/mol. The zero-order valence-electron chi connectivity index (χ0n) is 25.1. The second kappa shape index (κ2) is 25.4. The van der Waals surface area contributed by atoms with Gasteiger partial charge in [-0.25, -0.2) is 0 Å². The van der Waals surface area contributed by atoms with Gasteiger partial charge in [-0.15, -0.1) is 0 Å². The first kappa shape index (κ1) is 39.9. The van der Waals surface area contributed by atoms with Crippen LogP contribution >= 0.6 is 73.2 Å². The van der Waals surface area contributed by atoms with E-state index >= 15 is 0 Å². The normalized spacial score (nSPS) is 18.5.